The first-order chi connectivity index (χ1) is 8.65. The van der Waals surface area contributed by atoms with Gasteiger partial charge in [-0.25, -0.2) is 0 Å². The Bertz CT molecular complexity index is 428. The van der Waals surface area contributed by atoms with Crippen molar-refractivity contribution in [2.24, 2.45) is 11.1 Å². The fraction of sp³-hybridized carbons (Fsp3) is 0.500. The van der Waals surface area contributed by atoms with E-state index in [-0.39, 0.29) is 6.61 Å². The molecule has 0 aromatic heterocycles. The van der Waals surface area contributed by atoms with Crippen molar-refractivity contribution in [1.82, 2.24) is 5.32 Å². The second-order valence-corrected chi connectivity index (χ2v) is 5.14. The number of nitrogens with two attached hydrogens (primary N) is 1. The molecule has 4 N–H and O–H groups in total. The maximum Gasteiger partial charge on any atom is 0.248 e. The molecule has 1 aromatic rings. The van der Waals surface area contributed by atoms with Gasteiger partial charge in [-0.05, 0) is 42.4 Å². The summed E-state index contributed by atoms with van der Waals surface area (Å²) >= 11 is 0. The van der Waals surface area contributed by atoms with Crippen LogP contribution in [0.4, 0.5) is 0 Å². The van der Waals surface area contributed by atoms with Crippen molar-refractivity contribution in [3.8, 4) is 0 Å². The number of nitrogens with one attached hydrogen (secondary N) is 1. The Morgan fingerprint density at radius 1 is 1.44 bits per heavy atom. The number of rotatable bonds is 7. The van der Waals surface area contributed by atoms with E-state index >= 15 is 0 Å². The Kier molecular flexibility index (Phi) is 3.99. The van der Waals surface area contributed by atoms with Crippen molar-refractivity contribution in [3.63, 3.8) is 0 Å². The predicted molar refractivity (Wildman–Crippen MR) is 70.0 cm³/mol. The van der Waals surface area contributed by atoms with Crippen molar-refractivity contribution >= 4 is 5.91 Å². The first kappa shape index (κ1) is 13.1. The highest BCUT2D eigenvalue weighted by Gasteiger charge is 2.41. The second-order valence-electron chi connectivity index (χ2n) is 5.14. The molecule has 0 bridgehead atoms. The molecule has 1 aliphatic rings. The number of aliphatic hydroxyl groups excluding tert-OH is 1. The van der Waals surface area contributed by atoms with Gasteiger partial charge in [0.25, 0.3) is 0 Å². The van der Waals surface area contributed by atoms with Gasteiger partial charge in [0.1, 0.15) is 0 Å². The van der Waals surface area contributed by atoms with Gasteiger partial charge in [-0.2, -0.15) is 0 Å². The van der Waals surface area contributed by atoms with Crippen LogP contribution in [-0.4, -0.2) is 24.2 Å². The number of carbonyl (C=O) groups excluding carboxylic acids is 1. The smallest absolute Gasteiger partial charge is 0.248 e. The van der Waals surface area contributed by atoms with Gasteiger partial charge < -0.3 is 16.2 Å². The van der Waals surface area contributed by atoms with Crippen LogP contribution in [0.25, 0.3) is 0 Å². The molecule has 0 spiro atoms. The molecular weight excluding hydrogens is 228 g/mol. The molecule has 1 amide bonds. The number of amides is 1. The molecule has 0 aliphatic heterocycles. The average molecular weight is 248 g/mol. The van der Waals surface area contributed by atoms with Crippen LogP contribution in [0.15, 0.2) is 24.3 Å². The lowest BCUT2D eigenvalue weighted by Crippen LogP contribution is -2.24. The van der Waals surface area contributed by atoms with Gasteiger partial charge in [0.05, 0.1) is 0 Å². The van der Waals surface area contributed by atoms with E-state index < -0.39 is 5.91 Å². The lowest BCUT2D eigenvalue weighted by Gasteiger charge is -2.14. The summed E-state index contributed by atoms with van der Waals surface area (Å²) in [5.41, 5.74) is 7.17. The Morgan fingerprint density at radius 2 is 2.22 bits per heavy atom. The lowest BCUT2D eigenvalue weighted by atomic mass is 10.0. The van der Waals surface area contributed by atoms with Gasteiger partial charge in [-0.15, -0.1) is 0 Å². The minimum atomic E-state index is -0.393. The molecule has 1 saturated carbocycles. The molecule has 0 saturated heterocycles. The molecule has 98 valence electrons. The van der Waals surface area contributed by atoms with Crippen LogP contribution in [0.5, 0.6) is 0 Å². The summed E-state index contributed by atoms with van der Waals surface area (Å²) in [6, 6.07) is 7.36. The highest BCUT2D eigenvalue weighted by Crippen LogP contribution is 2.47. The summed E-state index contributed by atoms with van der Waals surface area (Å²) < 4.78 is 0. The highest BCUT2D eigenvalue weighted by atomic mass is 16.3. The quantitative estimate of drug-likeness (QED) is 0.675. The van der Waals surface area contributed by atoms with Crippen LogP contribution in [0.1, 0.15) is 35.2 Å². The van der Waals surface area contributed by atoms with E-state index in [0.717, 1.165) is 25.1 Å². The number of aliphatic hydroxyl groups is 1. The molecule has 18 heavy (non-hydrogen) atoms. The molecule has 1 fully saturated rings. The first-order valence-electron chi connectivity index (χ1n) is 6.36. The third-order valence-electron chi connectivity index (χ3n) is 3.64. The average Bonchev–Trinajstić information content (AvgIpc) is 3.10. The summed E-state index contributed by atoms with van der Waals surface area (Å²) in [7, 11) is 0. The van der Waals surface area contributed by atoms with Gasteiger partial charge in [0.2, 0.25) is 5.91 Å². The standard InChI is InChI=1S/C14H20N2O2/c15-13(18)12-3-1-2-11(8-12)9-16-10-14(4-5-14)6-7-17/h1-3,8,16-17H,4-7,9-10H2,(H2,15,18). The Hall–Kier alpha value is -1.39. The third-order valence-corrected chi connectivity index (χ3v) is 3.64. The van der Waals surface area contributed by atoms with Crippen molar-refractivity contribution in [1.29, 1.82) is 0 Å². The van der Waals surface area contributed by atoms with E-state index in [2.05, 4.69) is 5.32 Å². The number of benzene rings is 1. The molecule has 1 aromatic carbocycles. The van der Waals surface area contributed by atoms with Gasteiger partial charge in [0.15, 0.2) is 0 Å². The van der Waals surface area contributed by atoms with E-state index in [1.807, 2.05) is 18.2 Å². The monoisotopic (exact) mass is 248 g/mol. The van der Waals surface area contributed by atoms with Gasteiger partial charge in [-0.3, -0.25) is 4.79 Å². The summed E-state index contributed by atoms with van der Waals surface area (Å²) in [6.45, 7) is 1.92. The third kappa shape index (κ3) is 3.31. The Balaban J connectivity index is 1.83. The van der Waals surface area contributed by atoms with Gasteiger partial charge in [0, 0.05) is 25.3 Å². The van der Waals surface area contributed by atoms with E-state index in [0.29, 0.717) is 11.0 Å². The molecule has 1 aliphatic carbocycles. The fourth-order valence-electron chi connectivity index (χ4n) is 2.24. The summed E-state index contributed by atoms with van der Waals surface area (Å²) in [5.74, 6) is -0.393. The van der Waals surface area contributed by atoms with E-state index in [1.54, 1.807) is 6.07 Å². The van der Waals surface area contributed by atoms with E-state index in [9.17, 15) is 4.79 Å². The van der Waals surface area contributed by atoms with Crippen LogP contribution in [0.2, 0.25) is 0 Å². The second kappa shape index (κ2) is 5.50. The van der Waals surface area contributed by atoms with Crippen LogP contribution in [-0.2, 0) is 6.54 Å². The largest absolute Gasteiger partial charge is 0.396 e. The molecule has 4 nitrogen and oxygen atoms in total. The summed E-state index contributed by atoms with van der Waals surface area (Å²) in [5, 5.41) is 12.4. The predicted octanol–water partition coefficient (Wildman–Crippen LogP) is 1.04. The number of carbonyl (C=O) groups is 1. The molecule has 4 heteroatoms. The maximum absolute atomic E-state index is 11.1. The summed E-state index contributed by atoms with van der Waals surface area (Å²) in [6.07, 6.45) is 3.27. The minimum Gasteiger partial charge on any atom is -0.396 e. The van der Waals surface area contributed by atoms with E-state index in [4.69, 9.17) is 10.8 Å². The number of hydrogen-bond acceptors (Lipinski definition) is 3. The molecular formula is C14H20N2O2. The van der Waals surface area contributed by atoms with Crippen molar-refractivity contribution in [2.75, 3.05) is 13.2 Å². The molecule has 0 radical (unpaired) electrons. The van der Waals surface area contributed by atoms with Crippen LogP contribution in [0.3, 0.4) is 0 Å². The maximum atomic E-state index is 11.1. The molecule has 0 atom stereocenters. The molecule has 0 unspecified atom stereocenters. The minimum absolute atomic E-state index is 0.263. The van der Waals surface area contributed by atoms with Crippen molar-refractivity contribution in [2.45, 2.75) is 25.8 Å². The van der Waals surface area contributed by atoms with Crippen LogP contribution >= 0.6 is 0 Å². The Labute approximate surface area is 107 Å². The van der Waals surface area contributed by atoms with Crippen molar-refractivity contribution in [3.05, 3.63) is 35.4 Å². The van der Waals surface area contributed by atoms with Gasteiger partial charge >= 0.3 is 0 Å². The number of hydrogen-bond donors (Lipinski definition) is 3. The zero-order valence-electron chi connectivity index (χ0n) is 10.5. The van der Waals surface area contributed by atoms with Crippen molar-refractivity contribution < 1.29 is 9.90 Å². The topological polar surface area (TPSA) is 75.4 Å². The summed E-state index contributed by atoms with van der Waals surface area (Å²) in [4.78, 5) is 11.1. The first-order valence-corrected chi connectivity index (χ1v) is 6.36. The SMILES string of the molecule is NC(=O)c1cccc(CNCC2(CCO)CC2)c1. The van der Waals surface area contributed by atoms with E-state index in [1.165, 1.54) is 12.8 Å². The molecule has 0 heterocycles. The normalized spacial score (nSPS) is 16.5. The van der Waals surface area contributed by atoms with Crippen LogP contribution < -0.4 is 11.1 Å². The van der Waals surface area contributed by atoms with Crippen LogP contribution in [0, 0.1) is 5.41 Å². The Morgan fingerprint density at radius 3 is 2.83 bits per heavy atom. The number of primary amides is 1. The zero-order chi connectivity index (χ0) is 13.0. The highest BCUT2D eigenvalue weighted by molar-refractivity contribution is 5.92. The zero-order valence-corrected chi connectivity index (χ0v) is 10.5. The fourth-order valence-corrected chi connectivity index (χ4v) is 2.24. The van der Waals surface area contributed by atoms with Gasteiger partial charge in [-0.1, -0.05) is 12.1 Å². The lowest BCUT2D eigenvalue weighted by molar-refractivity contribution is 0.1000. The molecule has 2 rings (SSSR count).